The molecule has 0 unspecified atom stereocenters. The van der Waals surface area contributed by atoms with Gasteiger partial charge in [-0.15, -0.1) is 0 Å². The van der Waals surface area contributed by atoms with E-state index in [2.05, 4.69) is 17.0 Å². The maximum Gasteiger partial charge on any atom is 0.125 e. The van der Waals surface area contributed by atoms with Crippen molar-refractivity contribution in [2.24, 2.45) is 0 Å². The van der Waals surface area contributed by atoms with E-state index in [9.17, 15) is 10.2 Å². The number of rotatable bonds is 9. The summed E-state index contributed by atoms with van der Waals surface area (Å²) in [4.78, 5) is 2.30. The second-order valence-corrected chi connectivity index (χ2v) is 7.40. The Bertz CT molecular complexity index is 670. The molecule has 4 heteroatoms. The molecule has 1 aliphatic rings. The van der Waals surface area contributed by atoms with Gasteiger partial charge in [0.1, 0.15) is 18.5 Å². The standard InChI is InChI=1S/C23H31NO3/c25-20(17-24-15-7-2-8-16-24)18-27-23-12-6-5-11-21(23)22(26)14-13-19-9-3-1-4-10-19/h1,3-6,9-12,20,22,25-26H,2,7-8,13-18H2/t20-,22+/m0/s1. The highest BCUT2D eigenvalue weighted by Gasteiger charge is 2.17. The Morgan fingerprint density at radius 3 is 2.37 bits per heavy atom. The number of nitrogens with zero attached hydrogens (tertiary/aromatic N) is 1. The summed E-state index contributed by atoms with van der Waals surface area (Å²) in [5, 5.41) is 21.0. The molecule has 0 saturated carbocycles. The molecule has 2 atom stereocenters. The minimum absolute atomic E-state index is 0.249. The first-order valence-corrected chi connectivity index (χ1v) is 10.1. The van der Waals surface area contributed by atoms with Gasteiger partial charge >= 0.3 is 0 Å². The number of benzene rings is 2. The van der Waals surface area contributed by atoms with Crippen LogP contribution in [0.1, 0.15) is 42.9 Å². The predicted octanol–water partition coefficient (Wildman–Crippen LogP) is 3.58. The zero-order chi connectivity index (χ0) is 18.9. The quantitative estimate of drug-likeness (QED) is 0.709. The van der Waals surface area contributed by atoms with Crippen LogP contribution in [0.25, 0.3) is 0 Å². The van der Waals surface area contributed by atoms with E-state index < -0.39 is 12.2 Å². The zero-order valence-corrected chi connectivity index (χ0v) is 16.0. The van der Waals surface area contributed by atoms with Gasteiger partial charge in [-0.05, 0) is 50.4 Å². The van der Waals surface area contributed by atoms with Crippen LogP contribution in [0.4, 0.5) is 0 Å². The molecule has 4 nitrogen and oxygen atoms in total. The van der Waals surface area contributed by atoms with E-state index in [1.165, 1.54) is 24.8 Å². The maximum absolute atomic E-state index is 10.6. The number of likely N-dealkylation sites (tertiary alicyclic amines) is 1. The summed E-state index contributed by atoms with van der Waals surface area (Å²) in [6.07, 6.45) is 4.07. The lowest BCUT2D eigenvalue weighted by atomic mass is 10.0. The van der Waals surface area contributed by atoms with Gasteiger partial charge in [-0.1, -0.05) is 55.0 Å². The third kappa shape index (κ3) is 6.35. The third-order valence-electron chi connectivity index (χ3n) is 5.18. The Hall–Kier alpha value is -1.88. The Labute approximate surface area is 162 Å². The van der Waals surface area contributed by atoms with Gasteiger partial charge in [-0.2, -0.15) is 0 Å². The van der Waals surface area contributed by atoms with Crippen molar-refractivity contribution < 1.29 is 14.9 Å². The normalized spacial score (nSPS) is 17.4. The van der Waals surface area contributed by atoms with Crippen molar-refractivity contribution in [2.45, 2.75) is 44.3 Å². The number of aliphatic hydroxyl groups excluding tert-OH is 2. The van der Waals surface area contributed by atoms with Crippen molar-refractivity contribution in [3.05, 3.63) is 65.7 Å². The van der Waals surface area contributed by atoms with Gasteiger partial charge in [0, 0.05) is 12.1 Å². The Morgan fingerprint density at radius 2 is 1.59 bits per heavy atom. The molecule has 2 aromatic carbocycles. The smallest absolute Gasteiger partial charge is 0.125 e. The third-order valence-corrected chi connectivity index (χ3v) is 5.18. The summed E-state index contributed by atoms with van der Waals surface area (Å²) < 4.78 is 5.88. The van der Waals surface area contributed by atoms with Crippen LogP contribution >= 0.6 is 0 Å². The molecular formula is C23H31NO3. The average molecular weight is 370 g/mol. The second-order valence-electron chi connectivity index (χ2n) is 7.40. The minimum atomic E-state index is -0.583. The zero-order valence-electron chi connectivity index (χ0n) is 16.0. The molecule has 0 aromatic heterocycles. The van der Waals surface area contributed by atoms with Crippen LogP contribution in [0.15, 0.2) is 54.6 Å². The highest BCUT2D eigenvalue weighted by molar-refractivity contribution is 5.35. The molecule has 0 spiro atoms. The summed E-state index contributed by atoms with van der Waals surface area (Å²) >= 11 is 0. The largest absolute Gasteiger partial charge is 0.490 e. The number of aryl methyl sites for hydroxylation is 1. The van der Waals surface area contributed by atoms with Crippen molar-refractivity contribution in [3.63, 3.8) is 0 Å². The predicted molar refractivity (Wildman–Crippen MR) is 108 cm³/mol. The average Bonchev–Trinajstić information content (AvgIpc) is 2.72. The van der Waals surface area contributed by atoms with Gasteiger partial charge < -0.3 is 19.8 Å². The molecule has 27 heavy (non-hydrogen) atoms. The molecular weight excluding hydrogens is 338 g/mol. The maximum atomic E-state index is 10.6. The molecule has 1 heterocycles. The SMILES string of the molecule is O[C@H](COc1ccccc1[C@H](O)CCc1ccccc1)CN1CCCCC1. The van der Waals surface area contributed by atoms with E-state index >= 15 is 0 Å². The lowest BCUT2D eigenvalue weighted by molar-refractivity contribution is 0.0599. The lowest BCUT2D eigenvalue weighted by Crippen LogP contribution is -2.38. The monoisotopic (exact) mass is 369 g/mol. The van der Waals surface area contributed by atoms with Crippen molar-refractivity contribution in [1.29, 1.82) is 0 Å². The number of β-amino-alcohol motifs (C(OH)–C–C–N with tert-alkyl or cyclic N) is 1. The van der Waals surface area contributed by atoms with Crippen molar-refractivity contribution >= 4 is 0 Å². The van der Waals surface area contributed by atoms with Gasteiger partial charge in [0.15, 0.2) is 0 Å². The number of para-hydroxylation sites is 1. The number of ether oxygens (including phenoxy) is 1. The number of hydrogen-bond acceptors (Lipinski definition) is 4. The van der Waals surface area contributed by atoms with Crippen LogP contribution in [-0.4, -0.2) is 47.5 Å². The molecule has 0 radical (unpaired) electrons. The fourth-order valence-electron chi connectivity index (χ4n) is 3.67. The van der Waals surface area contributed by atoms with Crippen molar-refractivity contribution in [3.8, 4) is 5.75 Å². The minimum Gasteiger partial charge on any atom is -0.490 e. The topological polar surface area (TPSA) is 52.9 Å². The van der Waals surface area contributed by atoms with Crippen LogP contribution in [0.5, 0.6) is 5.75 Å². The first-order valence-electron chi connectivity index (χ1n) is 10.1. The Balaban J connectivity index is 1.51. The van der Waals surface area contributed by atoms with Crippen molar-refractivity contribution in [1.82, 2.24) is 4.90 Å². The fraction of sp³-hybridized carbons (Fsp3) is 0.478. The lowest BCUT2D eigenvalue weighted by Gasteiger charge is -2.28. The van der Waals surface area contributed by atoms with Gasteiger partial charge in [0.25, 0.3) is 0 Å². The highest BCUT2D eigenvalue weighted by Crippen LogP contribution is 2.28. The van der Waals surface area contributed by atoms with Gasteiger partial charge in [0.05, 0.1) is 6.10 Å². The molecule has 146 valence electrons. The van der Waals surface area contributed by atoms with E-state index in [4.69, 9.17) is 4.74 Å². The van der Waals surface area contributed by atoms with E-state index in [0.717, 1.165) is 25.1 Å². The summed E-state index contributed by atoms with van der Waals surface area (Å²) in [6, 6.07) is 17.8. The fourth-order valence-corrected chi connectivity index (χ4v) is 3.67. The molecule has 0 aliphatic carbocycles. The number of piperidine rings is 1. The molecule has 2 aromatic rings. The summed E-state index contributed by atoms with van der Waals surface area (Å²) in [5.74, 6) is 0.663. The Morgan fingerprint density at radius 1 is 0.889 bits per heavy atom. The summed E-state index contributed by atoms with van der Waals surface area (Å²) in [5.41, 5.74) is 2.01. The van der Waals surface area contributed by atoms with Crippen LogP contribution in [0.3, 0.4) is 0 Å². The first kappa shape index (κ1) is 19.9. The Kier molecular flexibility index (Phi) is 7.69. The molecule has 2 N–H and O–H groups in total. The molecule has 1 saturated heterocycles. The van der Waals surface area contributed by atoms with E-state index in [1.54, 1.807) is 0 Å². The highest BCUT2D eigenvalue weighted by atomic mass is 16.5. The van der Waals surface area contributed by atoms with Crippen LogP contribution in [0, 0.1) is 0 Å². The van der Waals surface area contributed by atoms with Gasteiger partial charge in [-0.25, -0.2) is 0 Å². The molecule has 3 rings (SSSR count). The summed E-state index contributed by atoms with van der Waals surface area (Å²) in [7, 11) is 0. The van der Waals surface area contributed by atoms with E-state index in [1.807, 2.05) is 42.5 Å². The van der Waals surface area contributed by atoms with E-state index in [0.29, 0.717) is 18.7 Å². The molecule has 1 aliphatic heterocycles. The summed E-state index contributed by atoms with van der Waals surface area (Å²) in [6.45, 7) is 3.02. The molecule has 1 fully saturated rings. The van der Waals surface area contributed by atoms with Crippen LogP contribution < -0.4 is 4.74 Å². The second kappa shape index (κ2) is 10.5. The van der Waals surface area contributed by atoms with E-state index in [-0.39, 0.29) is 6.61 Å². The van der Waals surface area contributed by atoms with Crippen LogP contribution in [0.2, 0.25) is 0 Å². The van der Waals surface area contributed by atoms with Gasteiger partial charge in [0.2, 0.25) is 0 Å². The van der Waals surface area contributed by atoms with Gasteiger partial charge in [-0.3, -0.25) is 0 Å². The first-order chi connectivity index (χ1) is 13.2. The number of hydrogen-bond donors (Lipinski definition) is 2. The number of aliphatic hydroxyl groups is 2. The van der Waals surface area contributed by atoms with Crippen LogP contribution in [-0.2, 0) is 6.42 Å². The van der Waals surface area contributed by atoms with Crippen molar-refractivity contribution in [2.75, 3.05) is 26.2 Å². The molecule has 0 bridgehead atoms. The molecule has 0 amide bonds.